The number of benzene rings is 2. The maximum atomic E-state index is 12.5. The van der Waals surface area contributed by atoms with Gasteiger partial charge in [0.05, 0.1) is 18.0 Å². The van der Waals surface area contributed by atoms with Crippen LogP contribution >= 0.6 is 0 Å². The molecular formula is C21H26N2O3S. The quantitative estimate of drug-likeness (QED) is 0.829. The summed E-state index contributed by atoms with van der Waals surface area (Å²) in [5, 5.41) is 2.93. The van der Waals surface area contributed by atoms with Crippen LogP contribution < -0.4 is 9.62 Å². The second kappa shape index (κ2) is 8.13. The summed E-state index contributed by atoms with van der Waals surface area (Å²) in [5.74, 6) is -0.325. The van der Waals surface area contributed by atoms with Crippen LogP contribution in [0, 0.1) is 0 Å². The van der Waals surface area contributed by atoms with Gasteiger partial charge < -0.3 is 5.32 Å². The lowest BCUT2D eigenvalue weighted by Gasteiger charge is -2.24. The molecule has 0 bridgehead atoms. The molecule has 0 aromatic heterocycles. The van der Waals surface area contributed by atoms with E-state index in [1.54, 1.807) is 24.3 Å². The van der Waals surface area contributed by atoms with Gasteiger partial charge in [-0.05, 0) is 61.4 Å². The Morgan fingerprint density at radius 3 is 2.41 bits per heavy atom. The highest BCUT2D eigenvalue weighted by Crippen LogP contribution is 2.25. The normalized spacial score (nSPS) is 14.9. The molecule has 1 atom stereocenters. The van der Waals surface area contributed by atoms with Crippen molar-refractivity contribution in [3.05, 3.63) is 65.2 Å². The molecule has 0 saturated carbocycles. The number of amides is 1. The minimum atomic E-state index is -3.55. The second-order valence-electron chi connectivity index (χ2n) is 7.13. The molecule has 0 radical (unpaired) electrons. The van der Waals surface area contributed by atoms with Crippen molar-refractivity contribution in [2.45, 2.75) is 38.6 Å². The topological polar surface area (TPSA) is 66.5 Å². The first kappa shape index (κ1) is 19.4. The zero-order chi connectivity index (χ0) is 19.4. The van der Waals surface area contributed by atoms with Crippen LogP contribution in [0.4, 0.5) is 5.69 Å². The maximum absolute atomic E-state index is 12.5. The van der Waals surface area contributed by atoms with E-state index >= 15 is 0 Å². The van der Waals surface area contributed by atoms with Crippen molar-refractivity contribution in [3.8, 4) is 0 Å². The van der Waals surface area contributed by atoms with Gasteiger partial charge in [-0.2, -0.15) is 0 Å². The summed E-state index contributed by atoms with van der Waals surface area (Å²) >= 11 is 0. The molecule has 1 aliphatic rings. The molecule has 5 nitrogen and oxygen atoms in total. The third kappa shape index (κ3) is 4.89. The molecule has 0 spiro atoms. The van der Waals surface area contributed by atoms with Crippen LogP contribution in [-0.2, 0) is 27.7 Å². The van der Waals surface area contributed by atoms with E-state index in [1.807, 2.05) is 13.0 Å². The number of nitrogens with zero attached hydrogens (tertiary/aromatic N) is 1. The van der Waals surface area contributed by atoms with Crippen molar-refractivity contribution < 1.29 is 13.2 Å². The Hall–Kier alpha value is -2.34. The van der Waals surface area contributed by atoms with E-state index in [9.17, 15) is 13.2 Å². The molecule has 1 amide bonds. The second-order valence-corrected chi connectivity index (χ2v) is 9.04. The highest BCUT2D eigenvalue weighted by atomic mass is 32.2. The number of anilines is 1. The molecule has 0 aliphatic heterocycles. The Labute approximate surface area is 161 Å². The zero-order valence-electron chi connectivity index (χ0n) is 15.8. The van der Waals surface area contributed by atoms with Crippen molar-refractivity contribution in [2.24, 2.45) is 0 Å². The lowest BCUT2D eigenvalue weighted by atomic mass is 9.89. The van der Waals surface area contributed by atoms with E-state index in [0.717, 1.165) is 29.0 Å². The van der Waals surface area contributed by atoms with Crippen LogP contribution in [0.15, 0.2) is 48.5 Å². The smallest absolute Gasteiger partial charge is 0.241 e. The van der Waals surface area contributed by atoms with Crippen LogP contribution in [-0.4, -0.2) is 27.1 Å². The van der Waals surface area contributed by atoms with Crippen LogP contribution in [0.1, 0.15) is 42.5 Å². The number of rotatable bonds is 6. The highest BCUT2D eigenvalue weighted by Gasteiger charge is 2.22. The fourth-order valence-corrected chi connectivity index (χ4v) is 4.37. The molecule has 1 N–H and O–H groups in total. The number of aryl methyl sites for hydroxylation is 2. The van der Waals surface area contributed by atoms with Gasteiger partial charge in [0.15, 0.2) is 0 Å². The first-order valence-electron chi connectivity index (χ1n) is 9.28. The molecule has 6 heteroatoms. The molecule has 144 valence electrons. The summed E-state index contributed by atoms with van der Waals surface area (Å²) in [7, 11) is -3.55. The number of hydrogen-bond donors (Lipinski definition) is 1. The van der Waals surface area contributed by atoms with E-state index in [-0.39, 0.29) is 18.5 Å². The molecule has 0 heterocycles. The van der Waals surface area contributed by atoms with Gasteiger partial charge >= 0.3 is 0 Å². The molecule has 0 saturated heterocycles. The summed E-state index contributed by atoms with van der Waals surface area (Å²) < 4.78 is 25.4. The molecule has 27 heavy (non-hydrogen) atoms. The Morgan fingerprint density at radius 2 is 1.74 bits per heavy atom. The van der Waals surface area contributed by atoms with Gasteiger partial charge in [-0.15, -0.1) is 0 Å². The SMILES string of the molecule is C[C@H](NC(=O)CN(c1ccccc1)S(C)(=O)=O)c1ccc2c(c1)CCCC2. The largest absolute Gasteiger partial charge is 0.348 e. The fraction of sp³-hybridized carbons (Fsp3) is 0.381. The number of nitrogens with one attached hydrogen (secondary N) is 1. The predicted molar refractivity (Wildman–Crippen MR) is 108 cm³/mol. The van der Waals surface area contributed by atoms with E-state index in [4.69, 9.17) is 0 Å². The van der Waals surface area contributed by atoms with Crippen molar-refractivity contribution in [3.63, 3.8) is 0 Å². The molecule has 2 aromatic carbocycles. The van der Waals surface area contributed by atoms with Gasteiger partial charge in [0.25, 0.3) is 0 Å². The standard InChI is InChI=1S/C21H26N2O3S/c1-16(18-13-12-17-8-6-7-9-19(17)14-18)22-21(24)15-23(27(2,25)26)20-10-4-3-5-11-20/h3-5,10-14,16H,6-9,15H2,1-2H3,(H,22,24)/t16-/m0/s1. The third-order valence-electron chi connectivity index (χ3n) is 4.98. The summed E-state index contributed by atoms with van der Waals surface area (Å²) in [5.41, 5.74) is 4.30. The Bertz CT molecular complexity index is 910. The van der Waals surface area contributed by atoms with Gasteiger partial charge in [0.2, 0.25) is 15.9 Å². The van der Waals surface area contributed by atoms with Crippen LogP contribution in [0.5, 0.6) is 0 Å². The Morgan fingerprint density at radius 1 is 1.07 bits per heavy atom. The maximum Gasteiger partial charge on any atom is 0.241 e. The van der Waals surface area contributed by atoms with Crippen molar-refractivity contribution in [1.29, 1.82) is 0 Å². The summed E-state index contributed by atoms with van der Waals surface area (Å²) in [6, 6.07) is 14.9. The molecule has 2 aromatic rings. The van der Waals surface area contributed by atoms with Crippen LogP contribution in [0.2, 0.25) is 0 Å². The zero-order valence-corrected chi connectivity index (χ0v) is 16.6. The van der Waals surface area contributed by atoms with Crippen LogP contribution in [0.25, 0.3) is 0 Å². The predicted octanol–water partition coefficient (Wildman–Crippen LogP) is 3.21. The van der Waals surface area contributed by atoms with Gasteiger partial charge in [0, 0.05) is 0 Å². The lowest BCUT2D eigenvalue weighted by Crippen LogP contribution is -2.41. The molecule has 3 rings (SSSR count). The lowest BCUT2D eigenvalue weighted by molar-refractivity contribution is -0.120. The first-order chi connectivity index (χ1) is 12.8. The summed E-state index contributed by atoms with van der Waals surface area (Å²) in [6.07, 6.45) is 5.76. The van der Waals surface area contributed by atoms with Crippen molar-refractivity contribution >= 4 is 21.6 Å². The number of sulfonamides is 1. The molecule has 0 fully saturated rings. The fourth-order valence-electron chi connectivity index (χ4n) is 3.52. The van der Waals surface area contributed by atoms with E-state index < -0.39 is 10.0 Å². The minimum Gasteiger partial charge on any atom is -0.348 e. The number of para-hydroxylation sites is 1. The van der Waals surface area contributed by atoms with Crippen molar-refractivity contribution in [1.82, 2.24) is 5.32 Å². The third-order valence-corrected chi connectivity index (χ3v) is 6.12. The minimum absolute atomic E-state index is 0.179. The molecular weight excluding hydrogens is 360 g/mol. The van der Waals surface area contributed by atoms with E-state index in [2.05, 4.69) is 23.5 Å². The number of fused-ring (bicyclic) bond motifs is 1. The summed E-state index contributed by atoms with van der Waals surface area (Å²) in [4.78, 5) is 12.5. The monoisotopic (exact) mass is 386 g/mol. The van der Waals surface area contributed by atoms with E-state index in [0.29, 0.717) is 5.69 Å². The number of carbonyl (C=O) groups is 1. The molecule has 0 unspecified atom stereocenters. The highest BCUT2D eigenvalue weighted by molar-refractivity contribution is 7.92. The van der Waals surface area contributed by atoms with Gasteiger partial charge in [-0.3, -0.25) is 9.10 Å². The van der Waals surface area contributed by atoms with Gasteiger partial charge in [-0.25, -0.2) is 8.42 Å². The average molecular weight is 387 g/mol. The van der Waals surface area contributed by atoms with Gasteiger partial charge in [0.1, 0.15) is 6.54 Å². The Kier molecular flexibility index (Phi) is 5.85. The van der Waals surface area contributed by atoms with Crippen molar-refractivity contribution in [2.75, 3.05) is 17.1 Å². The van der Waals surface area contributed by atoms with E-state index in [1.165, 1.54) is 24.0 Å². The molecule has 1 aliphatic carbocycles. The Balaban J connectivity index is 1.70. The summed E-state index contributed by atoms with van der Waals surface area (Å²) in [6.45, 7) is 1.69. The van der Waals surface area contributed by atoms with Gasteiger partial charge in [-0.1, -0.05) is 36.4 Å². The van der Waals surface area contributed by atoms with Crippen LogP contribution in [0.3, 0.4) is 0 Å². The first-order valence-corrected chi connectivity index (χ1v) is 11.1. The average Bonchev–Trinajstić information content (AvgIpc) is 2.65. The number of hydrogen-bond acceptors (Lipinski definition) is 3. The number of carbonyl (C=O) groups excluding carboxylic acids is 1.